The van der Waals surface area contributed by atoms with Crippen molar-refractivity contribution in [3.8, 4) is 5.88 Å². The second-order valence-corrected chi connectivity index (χ2v) is 6.92. The highest BCUT2D eigenvalue weighted by Gasteiger charge is 2.24. The molecule has 0 spiro atoms. The molecular formula is C19H27ClN4O. The highest BCUT2D eigenvalue weighted by molar-refractivity contribution is 5.85. The van der Waals surface area contributed by atoms with Crippen molar-refractivity contribution in [3.05, 3.63) is 24.3 Å². The number of halogens is 1. The topological polar surface area (TPSA) is 59.1 Å². The van der Waals surface area contributed by atoms with E-state index in [1.807, 2.05) is 24.3 Å². The van der Waals surface area contributed by atoms with E-state index in [1.54, 1.807) is 0 Å². The van der Waals surface area contributed by atoms with Crippen molar-refractivity contribution in [3.63, 3.8) is 0 Å². The van der Waals surface area contributed by atoms with Crippen molar-refractivity contribution in [1.82, 2.24) is 15.3 Å². The van der Waals surface area contributed by atoms with E-state index in [1.165, 1.54) is 38.5 Å². The molecule has 1 aliphatic heterocycles. The number of benzene rings is 1. The maximum atomic E-state index is 6.00. The predicted molar refractivity (Wildman–Crippen MR) is 104 cm³/mol. The quantitative estimate of drug-likeness (QED) is 0.731. The average Bonchev–Trinajstić information content (AvgIpc) is 3.44. The molecule has 4 rings (SSSR count). The van der Waals surface area contributed by atoms with Gasteiger partial charge in [-0.3, -0.25) is 0 Å². The number of nitrogens with zero attached hydrogens (tertiary/aromatic N) is 2. The van der Waals surface area contributed by atoms with Crippen molar-refractivity contribution in [2.45, 2.75) is 57.0 Å². The van der Waals surface area contributed by atoms with Crippen LogP contribution in [0, 0.1) is 0 Å². The molecule has 1 aromatic carbocycles. The lowest BCUT2D eigenvalue weighted by Gasteiger charge is -2.23. The van der Waals surface area contributed by atoms with Gasteiger partial charge < -0.3 is 15.4 Å². The molecule has 2 aliphatic rings. The Morgan fingerprint density at radius 2 is 1.88 bits per heavy atom. The van der Waals surface area contributed by atoms with E-state index >= 15 is 0 Å². The third-order valence-electron chi connectivity index (χ3n) is 4.80. The van der Waals surface area contributed by atoms with Gasteiger partial charge in [0.05, 0.1) is 17.6 Å². The normalized spacial score (nSPS) is 20.1. The standard InChI is InChI=1S/C19H26N4O.ClH/c1-2-9-17-16(8-1)22-18(21-15-10-11-15)19(23-17)24-13-5-7-14-6-3-4-12-20-14;/h1-2,8-9,14-15,20H,3-7,10-13H2,(H,21,22);1H. The number of nitrogens with one attached hydrogen (secondary N) is 2. The molecule has 1 saturated carbocycles. The van der Waals surface area contributed by atoms with Gasteiger partial charge in [-0.1, -0.05) is 18.6 Å². The average molecular weight is 363 g/mol. The van der Waals surface area contributed by atoms with Crippen LogP contribution in [0.25, 0.3) is 11.0 Å². The number of anilines is 1. The minimum Gasteiger partial charge on any atom is -0.475 e. The zero-order valence-corrected chi connectivity index (χ0v) is 15.4. The molecule has 1 aliphatic carbocycles. The van der Waals surface area contributed by atoms with Gasteiger partial charge in [0, 0.05) is 12.1 Å². The number of rotatable bonds is 7. The Morgan fingerprint density at radius 1 is 1.08 bits per heavy atom. The first-order valence-electron chi connectivity index (χ1n) is 9.28. The second-order valence-electron chi connectivity index (χ2n) is 6.92. The minimum atomic E-state index is 0. The second kappa shape index (κ2) is 8.68. The van der Waals surface area contributed by atoms with Crippen LogP contribution in [0.1, 0.15) is 44.9 Å². The van der Waals surface area contributed by atoms with E-state index in [0.29, 0.717) is 24.6 Å². The van der Waals surface area contributed by atoms with Crippen LogP contribution >= 0.6 is 12.4 Å². The van der Waals surface area contributed by atoms with Gasteiger partial charge in [0.15, 0.2) is 5.82 Å². The summed E-state index contributed by atoms with van der Waals surface area (Å²) in [4.78, 5) is 9.39. The number of ether oxygens (including phenoxy) is 1. The summed E-state index contributed by atoms with van der Waals surface area (Å²) in [6.45, 7) is 1.86. The lowest BCUT2D eigenvalue weighted by Crippen LogP contribution is -2.34. The van der Waals surface area contributed by atoms with E-state index in [-0.39, 0.29) is 12.4 Å². The summed E-state index contributed by atoms with van der Waals surface area (Å²) >= 11 is 0. The molecule has 5 nitrogen and oxygen atoms in total. The highest BCUT2D eigenvalue weighted by Crippen LogP contribution is 2.30. The van der Waals surface area contributed by atoms with E-state index in [9.17, 15) is 0 Å². The summed E-state index contributed by atoms with van der Waals surface area (Å²) in [6, 6.07) is 9.17. The Bertz CT molecular complexity index is 686. The Balaban J connectivity index is 0.00000182. The molecule has 2 N–H and O–H groups in total. The van der Waals surface area contributed by atoms with Crippen molar-refractivity contribution < 1.29 is 4.74 Å². The summed E-state index contributed by atoms with van der Waals surface area (Å²) in [5, 5.41) is 7.05. The fraction of sp³-hybridized carbons (Fsp3) is 0.579. The molecule has 136 valence electrons. The van der Waals surface area contributed by atoms with Gasteiger partial charge in [-0.25, -0.2) is 9.97 Å². The summed E-state index contributed by atoms with van der Waals surface area (Å²) in [5.41, 5.74) is 1.81. The monoisotopic (exact) mass is 362 g/mol. The van der Waals surface area contributed by atoms with Crippen LogP contribution in [-0.2, 0) is 0 Å². The van der Waals surface area contributed by atoms with Crippen molar-refractivity contribution in [1.29, 1.82) is 0 Å². The van der Waals surface area contributed by atoms with Crippen LogP contribution in [0.15, 0.2) is 24.3 Å². The molecule has 0 amide bonds. The maximum absolute atomic E-state index is 6.00. The van der Waals surface area contributed by atoms with Crippen LogP contribution in [0.4, 0.5) is 5.82 Å². The third kappa shape index (κ3) is 4.95. The number of para-hydroxylation sites is 2. The Kier molecular flexibility index (Phi) is 6.32. The lowest BCUT2D eigenvalue weighted by atomic mass is 10.0. The van der Waals surface area contributed by atoms with Crippen molar-refractivity contribution in [2.75, 3.05) is 18.5 Å². The molecule has 1 atom stereocenters. The summed E-state index contributed by atoms with van der Waals surface area (Å²) < 4.78 is 6.00. The first-order valence-corrected chi connectivity index (χ1v) is 9.28. The molecular weight excluding hydrogens is 336 g/mol. The molecule has 0 bridgehead atoms. The molecule has 1 saturated heterocycles. The first-order chi connectivity index (χ1) is 11.9. The van der Waals surface area contributed by atoms with Gasteiger partial charge in [-0.05, 0) is 57.2 Å². The zero-order chi connectivity index (χ0) is 16.2. The minimum absolute atomic E-state index is 0. The first kappa shape index (κ1) is 18.2. The zero-order valence-electron chi connectivity index (χ0n) is 14.5. The molecule has 0 radical (unpaired) electrons. The summed E-state index contributed by atoms with van der Waals surface area (Å²) in [5.74, 6) is 1.45. The lowest BCUT2D eigenvalue weighted by molar-refractivity contribution is 0.278. The van der Waals surface area contributed by atoms with Gasteiger partial charge in [0.25, 0.3) is 5.88 Å². The third-order valence-corrected chi connectivity index (χ3v) is 4.80. The largest absolute Gasteiger partial charge is 0.475 e. The SMILES string of the molecule is Cl.c1ccc2nc(OCCCC3CCCCN3)c(NC3CC3)nc2c1. The molecule has 2 heterocycles. The molecule has 2 fully saturated rings. The Morgan fingerprint density at radius 3 is 2.60 bits per heavy atom. The number of fused-ring (bicyclic) bond motifs is 1. The van der Waals surface area contributed by atoms with Crippen LogP contribution in [-0.4, -0.2) is 35.2 Å². The van der Waals surface area contributed by atoms with E-state index in [0.717, 1.165) is 29.8 Å². The highest BCUT2D eigenvalue weighted by atomic mass is 35.5. The van der Waals surface area contributed by atoms with Crippen LogP contribution in [0.5, 0.6) is 5.88 Å². The number of hydrogen-bond acceptors (Lipinski definition) is 5. The van der Waals surface area contributed by atoms with Crippen LogP contribution in [0.2, 0.25) is 0 Å². The fourth-order valence-electron chi connectivity index (χ4n) is 3.27. The maximum Gasteiger partial charge on any atom is 0.258 e. The molecule has 2 aromatic rings. The van der Waals surface area contributed by atoms with Gasteiger partial charge >= 0.3 is 0 Å². The Hall–Kier alpha value is -1.59. The summed E-state index contributed by atoms with van der Waals surface area (Å²) in [7, 11) is 0. The van der Waals surface area contributed by atoms with Crippen LogP contribution in [0.3, 0.4) is 0 Å². The van der Waals surface area contributed by atoms with E-state index in [2.05, 4.69) is 15.6 Å². The van der Waals surface area contributed by atoms with Crippen molar-refractivity contribution >= 4 is 29.3 Å². The van der Waals surface area contributed by atoms with Crippen molar-refractivity contribution in [2.24, 2.45) is 0 Å². The molecule has 25 heavy (non-hydrogen) atoms. The predicted octanol–water partition coefficient (Wildman–Crippen LogP) is 3.93. The van der Waals surface area contributed by atoms with Crippen LogP contribution < -0.4 is 15.4 Å². The summed E-state index contributed by atoms with van der Waals surface area (Å²) in [6.07, 6.45) is 8.61. The van der Waals surface area contributed by atoms with Gasteiger partial charge in [0.2, 0.25) is 0 Å². The number of piperidine rings is 1. The van der Waals surface area contributed by atoms with Gasteiger partial charge in [-0.2, -0.15) is 0 Å². The number of aromatic nitrogens is 2. The smallest absolute Gasteiger partial charge is 0.258 e. The van der Waals surface area contributed by atoms with E-state index in [4.69, 9.17) is 9.72 Å². The molecule has 1 aromatic heterocycles. The number of hydrogen-bond donors (Lipinski definition) is 2. The van der Waals surface area contributed by atoms with Gasteiger partial charge in [0.1, 0.15) is 0 Å². The fourth-order valence-corrected chi connectivity index (χ4v) is 3.27. The Labute approximate surface area is 155 Å². The molecule has 6 heteroatoms. The van der Waals surface area contributed by atoms with E-state index < -0.39 is 0 Å². The molecule has 1 unspecified atom stereocenters. The van der Waals surface area contributed by atoms with Gasteiger partial charge in [-0.15, -0.1) is 12.4 Å².